The van der Waals surface area contributed by atoms with E-state index in [1.54, 1.807) is 0 Å². The van der Waals surface area contributed by atoms with Gasteiger partial charge in [-0.2, -0.15) is 0 Å². The average Bonchev–Trinajstić information content (AvgIpc) is 2.63. The van der Waals surface area contributed by atoms with Gasteiger partial charge in [-0.3, -0.25) is 0 Å². The van der Waals surface area contributed by atoms with E-state index in [1.165, 1.54) is 12.8 Å². The van der Waals surface area contributed by atoms with Crippen molar-refractivity contribution >= 4 is 23.7 Å². The number of nitrogens with zero attached hydrogens (tertiary/aromatic N) is 1. The SMILES string of the molecule is CCCCCc1nc2c(S)cccc2o1. The van der Waals surface area contributed by atoms with E-state index in [0.717, 1.165) is 34.7 Å². The Bertz CT molecular complexity index is 450. The number of hydrogen-bond donors (Lipinski definition) is 1. The van der Waals surface area contributed by atoms with E-state index in [0.29, 0.717) is 0 Å². The maximum Gasteiger partial charge on any atom is 0.195 e. The van der Waals surface area contributed by atoms with Crippen LogP contribution in [0.3, 0.4) is 0 Å². The number of fused-ring (bicyclic) bond motifs is 1. The molecule has 0 saturated heterocycles. The van der Waals surface area contributed by atoms with E-state index in [4.69, 9.17) is 4.42 Å². The van der Waals surface area contributed by atoms with Crippen LogP contribution in [0.4, 0.5) is 0 Å². The number of oxazole rings is 1. The minimum atomic E-state index is 0.833. The Balaban J connectivity index is 2.20. The fourth-order valence-corrected chi connectivity index (χ4v) is 1.86. The fraction of sp³-hybridized carbons (Fsp3) is 0.417. The van der Waals surface area contributed by atoms with Gasteiger partial charge in [0, 0.05) is 11.3 Å². The summed E-state index contributed by atoms with van der Waals surface area (Å²) in [5.74, 6) is 0.833. The number of rotatable bonds is 4. The Hall–Kier alpha value is -0.960. The van der Waals surface area contributed by atoms with Crippen molar-refractivity contribution in [1.29, 1.82) is 0 Å². The lowest BCUT2D eigenvalue weighted by atomic mass is 10.2. The maximum atomic E-state index is 5.64. The van der Waals surface area contributed by atoms with Crippen LogP contribution in [0.15, 0.2) is 27.5 Å². The highest BCUT2D eigenvalue weighted by molar-refractivity contribution is 7.80. The number of thiol groups is 1. The van der Waals surface area contributed by atoms with Gasteiger partial charge in [-0.15, -0.1) is 12.6 Å². The largest absolute Gasteiger partial charge is 0.441 e. The molecule has 1 heterocycles. The van der Waals surface area contributed by atoms with Gasteiger partial charge < -0.3 is 4.42 Å². The summed E-state index contributed by atoms with van der Waals surface area (Å²) in [5, 5.41) is 0. The Morgan fingerprint density at radius 3 is 2.93 bits per heavy atom. The monoisotopic (exact) mass is 221 g/mol. The van der Waals surface area contributed by atoms with Crippen molar-refractivity contribution in [2.24, 2.45) is 0 Å². The minimum absolute atomic E-state index is 0.833. The van der Waals surface area contributed by atoms with Crippen molar-refractivity contribution in [3.63, 3.8) is 0 Å². The van der Waals surface area contributed by atoms with Crippen molar-refractivity contribution in [3.05, 3.63) is 24.1 Å². The second kappa shape index (κ2) is 4.71. The second-order valence-corrected chi connectivity index (χ2v) is 4.17. The van der Waals surface area contributed by atoms with Gasteiger partial charge in [0.15, 0.2) is 11.5 Å². The molecule has 80 valence electrons. The van der Waals surface area contributed by atoms with E-state index >= 15 is 0 Å². The lowest BCUT2D eigenvalue weighted by molar-refractivity contribution is 0.512. The third-order valence-corrected chi connectivity index (χ3v) is 2.80. The third-order valence-electron chi connectivity index (χ3n) is 2.44. The molecule has 2 nitrogen and oxygen atoms in total. The van der Waals surface area contributed by atoms with Crippen LogP contribution >= 0.6 is 12.6 Å². The smallest absolute Gasteiger partial charge is 0.195 e. The molecule has 0 aliphatic heterocycles. The van der Waals surface area contributed by atoms with Crippen LogP contribution in [0.5, 0.6) is 0 Å². The topological polar surface area (TPSA) is 26.0 Å². The molecule has 2 rings (SSSR count). The van der Waals surface area contributed by atoms with E-state index in [9.17, 15) is 0 Å². The number of aryl methyl sites for hydroxylation is 1. The molecule has 15 heavy (non-hydrogen) atoms. The zero-order valence-corrected chi connectivity index (χ0v) is 9.76. The number of unbranched alkanes of at least 4 members (excludes halogenated alkanes) is 2. The summed E-state index contributed by atoms with van der Waals surface area (Å²) >= 11 is 4.35. The Labute approximate surface area is 95.1 Å². The zero-order valence-electron chi connectivity index (χ0n) is 8.86. The second-order valence-electron chi connectivity index (χ2n) is 3.69. The zero-order chi connectivity index (χ0) is 10.7. The predicted octanol–water partition coefficient (Wildman–Crippen LogP) is 3.85. The lowest BCUT2D eigenvalue weighted by Gasteiger charge is -1.92. The van der Waals surface area contributed by atoms with E-state index in [2.05, 4.69) is 24.5 Å². The van der Waals surface area contributed by atoms with Crippen molar-refractivity contribution < 1.29 is 4.42 Å². The summed E-state index contributed by atoms with van der Waals surface area (Å²) in [6.07, 6.45) is 4.52. The molecule has 0 amide bonds. The van der Waals surface area contributed by atoms with Gasteiger partial charge >= 0.3 is 0 Å². The normalized spacial score (nSPS) is 11.1. The fourth-order valence-electron chi connectivity index (χ4n) is 1.61. The van der Waals surface area contributed by atoms with Crippen LogP contribution < -0.4 is 0 Å². The molecule has 0 saturated carbocycles. The Kier molecular flexibility index (Phi) is 3.31. The number of benzene rings is 1. The molecule has 0 bridgehead atoms. The molecular weight excluding hydrogens is 206 g/mol. The standard InChI is InChI=1S/C12H15NOS/c1-2-3-4-8-11-13-12-9(14-11)6-5-7-10(12)15/h5-7,15H,2-4,8H2,1H3. The molecule has 3 heteroatoms. The van der Waals surface area contributed by atoms with Gasteiger partial charge in [-0.25, -0.2) is 4.98 Å². The first-order chi connectivity index (χ1) is 7.31. The van der Waals surface area contributed by atoms with Gasteiger partial charge in [0.25, 0.3) is 0 Å². The summed E-state index contributed by atoms with van der Waals surface area (Å²) in [5.41, 5.74) is 1.72. The molecule has 0 fully saturated rings. The van der Waals surface area contributed by atoms with E-state index in [1.807, 2.05) is 18.2 Å². The van der Waals surface area contributed by atoms with Crippen molar-refractivity contribution in [2.45, 2.75) is 37.5 Å². The number of hydrogen-bond acceptors (Lipinski definition) is 3. The van der Waals surface area contributed by atoms with Crippen LogP contribution in [0.25, 0.3) is 11.1 Å². The summed E-state index contributed by atoms with van der Waals surface area (Å²) in [4.78, 5) is 5.33. The molecule has 0 N–H and O–H groups in total. The van der Waals surface area contributed by atoms with Crippen molar-refractivity contribution in [2.75, 3.05) is 0 Å². The quantitative estimate of drug-likeness (QED) is 0.627. The highest BCUT2D eigenvalue weighted by atomic mass is 32.1. The molecule has 0 spiro atoms. The van der Waals surface area contributed by atoms with Crippen molar-refractivity contribution in [3.8, 4) is 0 Å². The van der Waals surface area contributed by atoms with E-state index < -0.39 is 0 Å². The van der Waals surface area contributed by atoms with Crippen LogP contribution in [0.2, 0.25) is 0 Å². The van der Waals surface area contributed by atoms with Crippen molar-refractivity contribution in [1.82, 2.24) is 4.98 Å². The summed E-state index contributed by atoms with van der Waals surface area (Å²) in [6, 6.07) is 5.81. The predicted molar refractivity (Wildman–Crippen MR) is 64.5 cm³/mol. The summed E-state index contributed by atoms with van der Waals surface area (Å²) in [6.45, 7) is 2.19. The number of para-hydroxylation sites is 1. The van der Waals surface area contributed by atoms with E-state index in [-0.39, 0.29) is 0 Å². The van der Waals surface area contributed by atoms with Crippen LogP contribution in [-0.4, -0.2) is 4.98 Å². The molecule has 0 aliphatic carbocycles. The van der Waals surface area contributed by atoms with Crippen LogP contribution in [-0.2, 0) is 6.42 Å². The lowest BCUT2D eigenvalue weighted by Crippen LogP contribution is -1.84. The first-order valence-corrected chi connectivity index (χ1v) is 5.83. The Morgan fingerprint density at radius 2 is 2.20 bits per heavy atom. The number of aromatic nitrogens is 1. The van der Waals surface area contributed by atoms with Gasteiger partial charge in [0.1, 0.15) is 5.52 Å². The van der Waals surface area contributed by atoms with Gasteiger partial charge in [-0.1, -0.05) is 25.8 Å². The maximum absolute atomic E-state index is 5.64. The molecule has 2 aromatic rings. The van der Waals surface area contributed by atoms with Crippen LogP contribution in [0, 0.1) is 0 Å². The molecule has 1 aromatic heterocycles. The highest BCUT2D eigenvalue weighted by Crippen LogP contribution is 2.22. The highest BCUT2D eigenvalue weighted by Gasteiger charge is 2.06. The summed E-state index contributed by atoms with van der Waals surface area (Å²) < 4.78 is 5.64. The first-order valence-electron chi connectivity index (χ1n) is 5.38. The molecule has 0 radical (unpaired) electrons. The first kappa shape index (κ1) is 10.6. The minimum Gasteiger partial charge on any atom is -0.441 e. The van der Waals surface area contributed by atoms with Gasteiger partial charge in [0.2, 0.25) is 0 Å². The van der Waals surface area contributed by atoms with Gasteiger partial charge in [0.05, 0.1) is 0 Å². The molecular formula is C12H15NOS. The third kappa shape index (κ3) is 2.34. The summed E-state index contributed by atoms with van der Waals surface area (Å²) in [7, 11) is 0. The van der Waals surface area contributed by atoms with Crippen LogP contribution in [0.1, 0.15) is 32.1 Å². The Morgan fingerprint density at radius 1 is 1.33 bits per heavy atom. The molecule has 0 atom stereocenters. The van der Waals surface area contributed by atoms with Gasteiger partial charge in [-0.05, 0) is 18.6 Å². The molecule has 1 aromatic carbocycles. The molecule has 0 aliphatic rings. The average molecular weight is 221 g/mol. The molecule has 0 unspecified atom stereocenters.